The van der Waals surface area contributed by atoms with Gasteiger partial charge >= 0.3 is 6.03 Å². The first kappa shape index (κ1) is 16.6. The molecule has 2 heterocycles. The van der Waals surface area contributed by atoms with E-state index in [2.05, 4.69) is 17.6 Å². The molecule has 1 unspecified atom stereocenters. The van der Waals surface area contributed by atoms with Crippen LogP contribution in [0.4, 0.5) is 4.79 Å². The Bertz CT molecular complexity index is 659. The molecule has 0 aromatic heterocycles. The van der Waals surface area contributed by atoms with Gasteiger partial charge in [0.2, 0.25) is 0 Å². The van der Waals surface area contributed by atoms with Crippen LogP contribution in [0.3, 0.4) is 0 Å². The topological polar surface area (TPSA) is 79.9 Å². The number of rotatable bonds is 5. The molecule has 0 radical (unpaired) electrons. The highest BCUT2D eigenvalue weighted by Gasteiger charge is 2.45. The second kappa shape index (κ2) is 6.32. The number of carbonyl (C=O) groups excluding carboxylic acids is 2. The van der Waals surface area contributed by atoms with E-state index in [4.69, 9.17) is 9.47 Å². The van der Waals surface area contributed by atoms with Gasteiger partial charge < -0.3 is 9.47 Å². The fraction of sp³-hybridized carbons (Fsp3) is 0.529. The van der Waals surface area contributed by atoms with Gasteiger partial charge in [0.1, 0.15) is 18.2 Å². The van der Waals surface area contributed by atoms with Crippen molar-refractivity contribution in [2.45, 2.75) is 38.8 Å². The summed E-state index contributed by atoms with van der Waals surface area (Å²) in [6.45, 7) is 6.76. The minimum atomic E-state index is -0.851. The summed E-state index contributed by atoms with van der Waals surface area (Å²) in [7, 11) is 0. The Morgan fingerprint density at radius 1 is 1.33 bits per heavy atom. The molecule has 0 bridgehead atoms. The largest absolute Gasteiger partial charge is 0.486 e. The first-order chi connectivity index (χ1) is 11.4. The van der Waals surface area contributed by atoms with E-state index in [9.17, 15) is 9.59 Å². The van der Waals surface area contributed by atoms with E-state index in [1.165, 1.54) is 10.5 Å². The van der Waals surface area contributed by atoms with Crippen molar-refractivity contribution in [3.05, 3.63) is 23.8 Å². The summed E-state index contributed by atoms with van der Waals surface area (Å²) in [6, 6.07) is 5.58. The molecule has 2 aliphatic heterocycles. The van der Waals surface area contributed by atoms with Gasteiger partial charge in [-0.3, -0.25) is 20.3 Å². The van der Waals surface area contributed by atoms with Crippen LogP contribution in [0.15, 0.2) is 18.2 Å². The average Bonchev–Trinajstić information content (AvgIpc) is 2.75. The van der Waals surface area contributed by atoms with Crippen LogP contribution >= 0.6 is 0 Å². The Morgan fingerprint density at radius 3 is 2.79 bits per heavy atom. The van der Waals surface area contributed by atoms with E-state index in [1.54, 1.807) is 13.8 Å². The smallest absolute Gasteiger partial charge is 0.326 e. The van der Waals surface area contributed by atoms with Crippen LogP contribution in [-0.2, 0) is 11.2 Å². The highest BCUT2D eigenvalue weighted by atomic mass is 16.6. The molecular weight excluding hydrogens is 310 g/mol. The summed E-state index contributed by atoms with van der Waals surface area (Å²) >= 11 is 0. The molecular formula is C17H23N3O4. The fourth-order valence-electron chi connectivity index (χ4n) is 2.78. The van der Waals surface area contributed by atoms with Gasteiger partial charge in [0.05, 0.1) is 6.67 Å². The van der Waals surface area contributed by atoms with E-state index in [0.29, 0.717) is 13.2 Å². The highest BCUT2D eigenvalue weighted by molar-refractivity contribution is 6.06. The van der Waals surface area contributed by atoms with Gasteiger partial charge in [0, 0.05) is 6.54 Å². The maximum Gasteiger partial charge on any atom is 0.326 e. The molecule has 1 fully saturated rings. The number of nitrogens with one attached hydrogen (secondary N) is 2. The molecule has 24 heavy (non-hydrogen) atoms. The minimum absolute atomic E-state index is 0.144. The molecule has 1 aromatic rings. The summed E-state index contributed by atoms with van der Waals surface area (Å²) in [4.78, 5) is 25.0. The third kappa shape index (κ3) is 3.03. The molecule has 3 amide bonds. The first-order valence-corrected chi connectivity index (χ1v) is 8.18. The summed E-state index contributed by atoms with van der Waals surface area (Å²) in [6.07, 6.45) is 0.793. The highest BCUT2D eigenvalue weighted by Crippen LogP contribution is 2.32. The monoisotopic (exact) mass is 333 g/mol. The maximum atomic E-state index is 11.8. The second-order valence-corrected chi connectivity index (χ2v) is 6.54. The minimum Gasteiger partial charge on any atom is -0.486 e. The fourth-order valence-corrected chi connectivity index (χ4v) is 2.78. The Hall–Kier alpha value is -2.28. The van der Waals surface area contributed by atoms with Crippen molar-refractivity contribution in [3.8, 4) is 11.5 Å². The summed E-state index contributed by atoms with van der Waals surface area (Å²) < 4.78 is 11.7. The van der Waals surface area contributed by atoms with Crippen LogP contribution in [-0.4, -0.2) is 48.3 Å². The van der Waals surface area contributed by atoms with Gasteiger partial charge in [0.25, 0.3) is 5.91 Å². The van der Waals surface area contributed by atoms with Crippen molar-refractivity contribution in [1.29, 1.82) is 0 Å². The zero-order chi connectivity index (χ0) is 17.3. The number of urea groups is 1. The molecule has 1 atom stereocenters. The third-order valence-corrected chi connectivity index (χ3v) is 4.47. The van der Waals surface area contributed by atoms with Gasteiger partial charge in [0.15, 0.2) is 11.5 Å². The van der Waals surface area contributed by atoms with Crippen molar-refractivity contribution < 1.29 is 19.1 Å². The van der Waals surface area contributed by atoms with Gasteiger partial charge in [-0.25, -0.2) is 4.79 Å². The molecule has 7 nitrogen and oxygen atoms in total. The van der Waals surface area contributed by atoms with Crippen molar-refractivity contribution in [2.24, 2.45) is 0 Å². The number of amides is 3. The molecule has 7 heteroatoms. The van der Waals surface area contributed by atoms with Gasteiger partial charge in [-0.2, -0.15) is 0 Å². The lowest BCUT2D eigenvalue weighted by molar-refractivity contribution is -0.125. The SMILES string of the molecule is CCc1ccc2c(c1)OC(CNCN1C(=O)NC(=O)C1(C)C)CO2. The Morgan fingerprint density at radius 2 is 2.12 bits per heavy atom. The molecule has 0 spiro atoms. The lowest BCUT2D eigenvalue weighted by Gasteiger charge is -2.30. The number of ether oxygens (including phenoxy) is 2. The molecule has 3 rings (SSSR count). The van der Waals surface area contributed by atoms with Crippen LogP contribution in [0.2, 0.25) is 0 Å². The summed E-state index contributed by atoms with van der Waals surface area (Å²) in [5.74, 6) is 1.23. The van der Waals surface area contributed by atoms with E-state index < -0.39 is 5.54 Å². The van der Waals surface area contributed by atoms with Crippen molar-refractivity contribution in [2.75, 3.05) is 19.8 Å². The number of carbonyl (C=O) groups is 2. The number of nitrogens with zero attached hydrogens (tertiary/aromatic N) is 1. The quantitative estimate of drug-likeness (QED) is 0.793. The molecule has 2 N–H and O–H groups in total. The van der Waals surface area contributed by atoms with E-state index in [1.807, 2.05) is 18.2 Å². The van der Waals surface area contributed by atoms with Crippen LogP contribution in [0.25, 0.3) is 0 Å². The van der Waals surface area contributed by atoms with Gasteiger partial charge in [-0.15, -0.1) is 0 Å². The van der Waals surface area contributed by atoms with Crippen LogP contribution in [0, 0.1) is 0 Å². The number of aryl methyl sites for hydroxylation is 1. The Labute approximate surface area is 141 Å². The maximum absolute atomic E-state index is 11.8. The standard InChI is InChI=1S/C17H23N3O4/c1-4-11-5-6-13-14(7-11)24-12(9-23-13)8-18-10-20-16(22)19-15(21)17(20,2)3/h5-7,12,18H,4,8-10H2,1-3H3,(H,19,21,22). The predicted octanol–water partition coefficient (Wildman–Crippen LogP) is 1.27. The lowest BCUT2D eigenvalue weighted by atomic mass is 10.1. The van der Waals surface area contributed by atoms with Crippen LogP contribution in [0.1, 0.15) is 26.3 Å². The molecule has 0 aliphatic carbocycles. The number of hydrogen-bond acceptors (Lipinski definition) is 5. The van der Waals surface area contributed by atoms with Crippen molar-refractivity contribution in [3.63, 3.8) is 0 Å². The van der Waals surface area contributed by atoms with E-state index in [0.717, 1.165) is 17.9 Å². The average molecular weight is 333 g/mol. The number of benzene rings is 1. The van der Waals surface area contributed by atoms with Crippen molar-refractivity contribution >= 4 is 11.9 Å². The molecule has 2 aliphatic rings. The van der Waals surface area contributed by atoms with E-state index in [-0.39, 0.29) is 24.7 Å². The predicted molar refractivity (Wildman–Crippen MR) is 88.1 cm³/mol. The third-order valence-electron chi connectivity index (χ3n) is 4.47. The first-order valence-electron chi connectivity index (χ1n) is 8.18. The Balaban J connectivity index is 1.55. The van der Waals surface area contributed by atoms with E-state index >= 15 is 0 Å². The van der Waals surface area contributed by atoms with Gasteiger partial charge in [-0.05, 0) is 38.0 Å². The van der Waals surface area contributed by atoms with Gasteiger partial charge in [-0.1, -0.05) is 13.0 Å². The van der Waals surface area contributed by atoms with Crippen molar-refractivity contribution in [1.82, 2.24) is 15.5 Å². The van der Waals surface area contributed by atoms with Crippen LogP contribution < -0.4 is 20.1 Å². The summed E-state index contributed by atoms with van der Waals surface area (Å²) in [5, 5.41) is 5.49. The second-order valence-electron chi connectivity index (χ2n) is 6.54. The Kier molecular flexibility index (Phi) is 4.36. The zero-order valence-electron chi connectivity index (χ0n) is 14.2. The number of hydrogen-bond donors (Lipinski definition) is 2. The summed E-state index contributed by atoms with van der Waals surface area (Å²) in [5.41, 5.74) is 0.344. The lowest BCUT2D eigenvalue weighted by Crippen LogP contribution is -2.50. The molecule has 0 saturated carbocycles. The number of fused-ring (bicyclic) bond motifs is 1. The van der Waals surface area contributed by atoms with Crippen LogP contribution in [0.5, 0.6) is 11.5 Å². The zero-order valence-corrected chi connectivity index (χ0v) is 14.2. The molecule has 1 saturated heterocycles. The normalized spacial score (nSPS) is 21.8. The molecule has 130 valence electrons. The number of imide groups is 1. The molecule has 1 aromatic carbocycles.